The SMILES string of the molecule is CCCCOC(=O)C(OCCCC)C(C)C. The van der Waals surface area contributed by atoms with E-state index in [0.717, 1.165) is 25.7 Å². The van der Waals surface area contributed by atoms with Crippen molar-refractivity contribution in [2.45, 2.75) is 59.5 Å². The van der Waals surface area contributed by atoms with Gasteiger partial charge in [0.25, 0.3) is 0 Å². The van der Waals surface area contributed by atoms with Crippen LogP contribution >= 0.6 is 0 Å². The number of hydrogen-bond donors (Lipinski definition) is 0. The van der Waals surface area contributed by atoms with Gasteiger partial charge >= 0.3 is 5.97 Å². The predicted molar refractivity (Wildman–Crippen MR) is 65.4 cm³/mol. The Bertz CT molecular complexity index is 178. The summed E-state index contributed by atoms with van der Waals surface area (Å²) in [5.74, 6) is -0.0365. The van der Waals surface area contributed by atoms with E-state index in [1.807, 2.05) is 13.8 Å². The van der Waals surface area contributed by atoms with Crippen LogP contribution in [0.25, 0.3) is 0 Å². The van der Waals surface area contributed by atoms with Gasteiger partial charge in [0.15, 0.2) is 6.10 Å². The number of rotatable bonds is 9. The molecule has 0 aliphatic rings. The average molecular weight is 230 g/mol. The predicted octanol–water partition coefficient (Wildman–Crippen LogP) is 3.17. The molecule has 0 aromatic rings. The summed E-state index contributed by atoms with van der Waals surface area (Å²) in [4.78, 5) is 11.7. The fraction of sp³-hybridized carbons (Fsp3) is 0.923. The van der Waals surface area contributed by atoms with Crippen LogP contribution in [0.15, 0.2) is 0 Å². The van der Waals surface area contributed by atoms with E-state index in [1.54, 1.807) is 0 Å². The highest BCUT2D eigenvalue weighted by molar-refractivity contribution is 5.74. The maximum atomic E-state index is 11.7. The first kappa shape index (κ1) is 15.4. The molecule has 0 rings (SSSR count). The zero-order valence-corrected chi connectivity index (χ0v) is 11.1. The van der Waals surface area contributed by atoms with Gasteiger partial charge in [-0.15, -0.1) is 0 Å². The summed E-state index contributed by atoms with van der Waals surface area (Å²) >= 11 is 0. The molecule has 96 valence electrons. The number of hydrogen-bond acceptors (Lipinski definition) is 3. The summed E-state index contributed by atoms with van der Waals surface area (Å²) < 4.78 is 10.7. The van der Waals surface area contributed by atoms with E-state index in [9.17, 15) is 4.79 Å². The first-order chi connectivity index (χ1) is 7.63. The van der Waals surface area contributed by atoms with Crippen molar-refractivity contribution >= 4 is 5.97 Å². The van der Waals surface area contributed by atoms with Gasteiger partial charge in [-0.2, -0.15) is 0 Å². The highest BCUT2D eigenvalue weighted by Crippen LogP contribution is 2.10. The first-order valence-electron chi connectivity index (χ1n) is 6.41. The third-order valence-corrected chi connectivity index (χ3v) is 2.38. The second-order valence-corrected chi connectivity index (χ2v) is 4.41. The molecule has 0 spiro atoms. The van der Waals surface area contributed by atoms with E-state index in [2.05, 4.69) is 13.8 Å². The molecule has 0 aromatic carbocycles. The minimum Gasteiger partial charge on any atom is -0.464 e. The minimum atomic E-state index is -0.400. The molecule has 0 saturated heterocycles. The Morgan fingerprint density at radius 1 is 1.06 bits per heavy atom. The fourth-order valence-electron chi connectivity index (χ4n) is 1.29. The van der Waals surface area contributed by atoms with Crippen LogP contribution in [0.3, 0.4) is 0 Å². The van der Waals surface area contributed by atoms with Gasteiger partial charge in [0.1, 0.15) is 0 Å². The van der Waals surface area contributed by atoms with Crippen LogP contribution in [0.5, 0.6) is 0 Å². The van der Waals surface area contributed by atoms with Crippen LogP contribution < -0.4 is 0 Å². The Morgan fingerprint density at radius 3 is 2.12 bits per heavy atom. The molecule has 0 saturated carbocycles. The third-order valence-electron chi connectivity index (χ3n) is 2.38. The zero-order valence-electron chi connectivity index (χ0n) is 11.1. The molecule has 0 N–H and O–H groups in total. The first-order valence-corrected chi connectivity index (χ1v) is 6.41. The van der Waals surface area contributed by atoms with Crippen LogP contribution in [-0.2, 0) is 14.3 Å². The standard InChI is InChI=1S/C13H26O3/c1-5-7-9-15-12(11(3)4)13(14)16-10-8-6-2/h11-12H,5-10H2,1-4H3. The molecule has 0 heterocycles. The normalized spacial score (nSPS) is 12.8. The number of esters is 1. The number of unbranched alkanes of at least 4 members (excludes halogenated alkanes) is 2. The lowest BCUT2D eigenvalue weighted by Crippen LogP contribution is -2.32. The van der Waals surface area contributed by atoms with Gasteiger partial charge < -0.3 is 9.47 Å². The molecule has 0 aromatic heterocycles. The van der Waals surface area contributed by atoms with E-state index < -0.39 is 6.10 Å². The lowest BCUT2D eigenvalue weighted by molar-refractivity contribution is -0.160. The molecule has 0 aliphatic heterocycles. The van der Waals surface area contributed by atoms with Gasteiger partial charge in [-0.05, 0) is 18.8 Å². The molecule has 0 radical (unpaired) electrons. The van der Waals surface area contributed by atoms with Crippen molar-refractivity contribution in [1.82, 2.24) is 0 Å². The molecular weight excluding hydrogens is 204 g/mol. The molecule has 1 atom stereocenters. The summed E-state index contributed by atoms with van der Waals surface area (Å²) in [6, 6.07) is 0. The maximum absolute atomic E-state index is 11.7. The molecule has 0 bridgehead atoms. The number of carbonyl (C=O) groups excluding carboxylic acids is 1. The number of ether oxygens (including phenoxy) is 2. The van der Waals surface area contributed by atoms with Crippen molar-refractivity contribution in [2.75, 3.05) is 13.2 Å². The van der Waals surface area contributed by atoms with Gasteiger partial charge in [-0.3, -0.25) is 0 Å². The van der Waals surface area contributed by atoms with Crippen molar-refractivity contribution < 1.29 is 14.3 Å². The number of carbonyl (C=O) groups is 1. The van der Waals surface area contributed by atoms with Gasteiger partial charge in [-0.1, -0.05) is 40.5 Å². The summed E-state index contributed by atoms with van der Waals surface area (Å²) in [5.41, 5.74) is 0. The van der Waals surface area contributed by atoms with Gasteiger partial charge in [0.05, 0.1) is 6.61 Å². The molecule has 1 unspecified atom stereocenters. The van der Waals surface area contributed by atoms with Crippen LogP contribution in [0, 0.1) is 5.92 Å². The van der Waals surface area contributed by atoms with E-state index in [0.29, 0.717) is 13.2 Å². The van der Waals surface area contributed by atoms with Crippen LogP contribution in [0.2, 0.25) is 0 Å². The van der Waals surface area contributed by atoms with Gasteiger partial charge in [-0.25, -0.2) is 4.79 Å². The minimum absolute atomic E-state index is 0.172. The van der Waals surface area contributed by atoms with Crippen LogP contribution in [0.1, 0.15) is 53.4 Å². The molecule has 0 aliphatic carbocycles. The Labute approximate surface area is 99.5 Å². The van der Waals surface area contributed by atoms with E-state index in [1.165, 1.54) is 0 Å². The van der Waals surface area contributed by atoms with Crippen LogP contribution in [0.4, 0.5) is 0 Å². The fourth-order valence-corrected chi connectivity index (χ4v) is 1.29. The van der Waals surface area contributed by atoms with E-state index >= 15 is 0 Å². The Balaban J connectivity index is 3.93. The van der Waals surface area contributed by atoms with Crippen molar-refractivity contribution in [3.63, 3.8) is 0 Å². The molecule has 16 heavy (non-hydrogen) atoms. The van der Waals surface area contributed by atoms with Crippen molar-refractivity contribution in [3.05, 3.63) is 0 Å². The van der Waals surface area contributed by atoms with Crippen molar-refractivity contribution in [1.29, 1.82) is 0 Å². The van der Waals surface area contributed by atoms with Crippen LogP contribution in [-0.4, -0.2) is 25.3 Å². The van der Waals surface area contributed by atoms with Crippen molar-refractivity contribution in [3.8, 4) is 0 Å². The maximum Gasteiger partial charge on any atom is 0.335 e. The molecule has 0 fully saturated rings. The lowest BCUT2D eigenvalue weighted by Gasteiger charge is -2.19. The molecular formula is C13H26O3. The topological polar surface area (TPSA) is 35.5 Å². The molecule has 3 nitrogen and oxygen atoms in total. The Morgan fingerprint density at radius 2 is 1.62 bits per heavy atom. The van der Waals surface area contributed by atoms with Crippen molar-refractivity contribution in [2.24, 2.45) is 5.92 Å². The van der Waals surface area contributed by atoms with E-state index in [-0.39, 0.29) is 11.9 Å². The summed E-state index contributed by atoms with van der Waals surface area (Å²) in [6.45, 7) is 9.30. The second kappa shape index (κ2) is 9.64. The Hall–Kier alpha value is -0.570. The summed E-state index contributed by atoms with van der Waals surface area (Å²) in [5, 5.41) is 0. The largest absolute Gasteiger partial charge is 0.464 e. The third kappa shape index (κ3) is 6.83. The highest BCUT2D eigenvalue weighted by atomic mass is 16.6. The molecule has 0 amide bonds. The lowest BCUT2D eigenvalue weighted by atomic mass is 10.1. The second-order valence-electron chi connectivity index (χ2n) is 4.41. The van der Waals surface area contributed by atoms with Gasteiger partial charge in [0, 0.05) is 6.61 Å². The quantitative estimate of drug-likeness (QED) is 0.451. The summed E-state index contributed by atoms with van der Waals surface area (Å²) in [7, 11) is 0. The zero-order chi connectivity index (χ0) is 12.4. The van der Waals surface area contributed by atoms with Gasteiger partial charge in [0.2, 0.25) is 0 Å². The molecule has 3 heteroatoms. The Kier molecular flexibility index (Phi) is 9.30. The average Bonchev–Trinajstić information content (AvgIpc) is 2.24. The van der Waals surface area contributed by atoms with E-state index in [4.69, 9.17) is 9.47 Å². The monoisotopic (exact) mass is 230 g/mol. The highest BCUT2D eigenvalue weighted by Gasteiger charge is 2.24. The smallest absolute Gasteiger partial charge is 0.335 e. The summed E-state index contributed by atoms with van der Waals surface area (Å²) in [6.07, 6.45) is 3.63.